The maximum Gasteiger partial charge on any atom is 0.232 e. The van der Waals surface area contributed by atoms with Crippen molar-refractivity contribution in [2.75, 3.05) is 17.1 Å². The molecule has 2 rings (SSSR count). The van der Waals surface area contributed by atoms with Crippen LogP contribution in [0, 0.1) is 13.8 Å². The summed E-state index contributed by atoms with van der Waals surface area (Å²) < 4.78 is 26.0. The van der Waals surface area contributed by atoms with Gasteiger partial charge in [-0.3, -0.25) is 9.10 Å². The topological polar surface area (TPSA) is 66.5 Å². The maximum atomic E-state index is 12.4. The second kappa shape index (κ2) is 9.86. The van der Waals surface area contributed by atoms with E-state index >= 15 is 0 Å². The van der Waals surface area contributed by atoms with Crippen molar-refractivity contribution in [1.29, 1.82) is 0 Å². The SMILES string of the molecule is Cc1ccc(N(CCCC(=O)N[C@H](C)c2ccc(C(C)(C)C)cc2)S(C)(=O)=O)cc1C. The van der Waals surface area contributed by atoms with Crippen LogP contribution in [0.15, 0.2) is 42.5 Å². The molecule has 1 amide bonds. The van der Waals surface area contributed by atoms with E-state index in [1.165, 1.54) is 16.1 Å². The van der Waals surface area contributed by atoms with E-state index in [0.29, 0.717) is 12.1 Å². The van der Waals surface area contributed by atoms with Crippen LogP contribution in [-0.4, -0.2) is 27.1 Å². The Morgan fingerprint density at radius 2 is 1.65 bits per heavy atom. The van der Waals surface area contributed by atoms with E-state index in [0.717, 1.165) is 16.7 Å². The fourth-order valence-corrected chi connectivity index (χ4v) is 4.38. The van der Waals surface area contributed by atoms with Gasteiger partial charge >= 0.3 is 0 Å². The number of hydrogen-bond acceptors (Lipinski definition) is 3. The zero-order chi connectivity index (χ0) is 23.4. The first-order valence-electron chi connectivity index (χ1n) is 10.7. The third kappa shape index (κ3) is 7.10. The van der Waals surface area contributed by atoms with Crippen LogP contribution in [0.25, 0.3) is 0 Å². The van der Waals surface area contributed by atoms with Crippen LogP contribution in [0.1, 0.15) is 68.8 Å². The third-order valence-electron chi connectivity index (χ3n) is 5.60. The van der Waals surface area contributed by atoms with Crippen molar-refractivity contribution < 1.29 is 13.2 Å². The van der Waals surface area contributed by atoms with Gasteiger partial charge in [0.25, 0.3) is 0 Å². The Labute approximate surface area is 187 Å². The van der Waals surface area contributed by atoms with Crippen molar-refractivity contribution in [3.63, 3.8) is 0 Å². The maximum absolute atomic E-state index is 12.4. The number of nitrogens with one attached hydrogen (secondary N) is 1. The van der Waals surface area contributed by atoms with E-state index in [2.05, 4.69) is 50.4 Å². The van der Waals surface area contributed by atoms with E-state index < -0.39 is 10.0 Å². The lowest BCUT2D eigenvalue weighted by molar-refractivity contribution is -0.121. The largest absolute Gasteiger partial charge is 0.350 e. The van der Waals surface area contributed by atoms with E-state index in [4.69, 9.17) is 0 Å². The fraction of sp³-hybridized carbons (Fsp3) is 0.480. The van der Waals surface area contributed by atoms with Gasteiger partial charge in [0.2, 0.25) is 15.9 Å². The minimum absolute atomic E-state index is 0.0825. The van der Waals surface area contributed by atoms with Gasteiger partial charge in [0.05, 0.1) is 18.0 Å². The molecular weight excluding hydrogens is 408 g/mol. The van der Waals surface area contributed by atoms with Gasteiger partial charge in [-0.2, -0.15) is 0 Å². The van der Waals surface area contributed by atoms with Gasteiger partial charge in [-0.1, -0.05) is 51.1 Å². The summed E-state index contributed by atoms with van der Waals surface area (Å²) >= 11 is 0. The molecule has 0 saturated carbocycles. The summed E-state index contributed by atoms with van der Waals surface area (Å²) in [5.74, 6) is -0.0825. The van der Waals surface area contributed by atoms with Crippen LogP contribution in [-0.2, 0) is 20.2 Å². The highest BCUT2D eigenvalue weighted by Gasteiger charge is 2.19. The molecular formula is C25H36N2O3S. The average Bonchev–Trinajstić information content (AvgIpc) is 2.66. The lowest BCUT2D eigenvalue weighted by Gasteiger charge is -2.23. The Balaban J connectivity index is 1.95. The highest BCUT2D eigenvalue weighted by atomic mass is 32.2. The van der Waals surface area contributed by atoms with Crippen LogP contribution < -0.4 is 9.62 Å². The summed E-state index contributed by atoms with van der Waals surface area (Å²) in [6.45, 7) is 12.7. The first-order chi connectivity index (χ1) is 14.3. The van der Waals surface area contributed by atoms with Gasteiger partial charge in [0.1, 0.15) is 0 Å². The van der Waals surface area contributed by atoms with Gasteiger partial charge in [0.15, 0.2) is 0 Å². The number of hydrogen-bond donors (Lipinski definition) is 1. The number of amides is 1. The van der Waals surface area contributed by atoms with Crippen molar-refractivity contribution in [3.05, 3.63) is 64.7 Å². The van der Waals surface area contributed by atoms with Crippen LogP contribution >= 0.6 is 0 Å². The number of aryl methyl sites for hydroxylation is 2. The molecule has 0 unspecified atom stereocenters. The molecule has 31 heavy (non-hydrogen) atoms. The van der Waals surface area contributed by atoms with Crippen molar-refractivity contribution in [2.45, 2.75) is 65.8 Å². The summed E-state index contributed by atoms with van der Waals surface area (Å²) in [6.07, 6.45) is 1.91. The van der Waals surface area contributed by atoms with E-state index in [-0.39, 0.29) is 30.3 Å². The van der Waals surface area contributed by atoms with Gasteiger partial charge in [-0.25, -0.2) is 8.42 Å². The van der Waals surface area contributed by atoms with Gasteiger partial charge in [-0.15, -0.1) is 0 Å². The zero-order valence-electron chi connectivity index (χ0n) is 19.8. The van der Waals surface area contributed by atoms with E-state index in [9.17, 15) is 13.2 Å². The molecule has 0 aliphatic carbocycles. The summed E-state index contributed by atoms with van der Waals surface area (Å²) in [4.78, 5) is 12.4. The van der Waals surface area contributed by atoms with Crippen LogP contribution in [0.5, 0.6) is 0 Å². The molecule has 0 heterocycles. The normalized spacial score (nSPS) is 13.0. The standard InChI is InChI=1S/C25H36N2O3S/c1-18-10-15-23(17-19(18)2)27(31(7,29)30)16-8-9-24(28)26-20(3)21-11-13-22(14-12-21)25(4,5)6/h10-15,17,20H,8-9,16H2,1-7H3,(H,26,28)/t20-/m1/s1. The summed E-state index contributed by atoms with van der Waals surface area (Å²) in [5, 5.41) is 3.02. The number of rotatable bonds is 8. The van der Waals surface area contributed by atoms with Gasteiger partial charge in [-0.05, 0) is 67.0 Å². The van der Waals surface area contributed by atoms with Crippen LogP contribution in [0.2, 0.25) is 0 Å². The van der Waals surface area contributed by atoms with Gasteiger partial charge < -0.3 is 5.32 Å². The molecule has 0 aromatic heterocycles. The molecule has 0 spiro atoms. The summed E-state index contributed by atoms with van der Waals surface area (Å²) in [5.41, 5.74) is 5.18. The first-order valence-corrected chi connectivity index (χ1v) is 12.6. The lowest BCUT2D eigenvalue weighted by Crippen LogP contribution is -2.32. The number of sulfonamides is 1. The zero-order valence-corrected chi connectivity index (χ0v) is 20.6. The molecule has 1 atom stereocenters. The smallest absolute Gasteiger partial charge is 0.232 e. The molecule has 6 heteroatoms. The third-order valence-corrected chi connectivity index (χ3v) is 6.79. The number of carbonyl (C=O) groups is 1. The molecule has 2 aromatic carbocycles. The lowest BCUT2D eigenvalue weighted by atomic mass is 9.86. The molecule has 0 aliphatic heterocycles. The molecule has 1 N–H and O–H groups in total. The van der Waals surface area contributed by atoms with Crippen molar-refractivity contribution >= 4 is 21.6 Å². The van der Waals surface area contributed by atoms with Crippen LogP contribution in [0.4, 0.5) is 5.69 Å². The second-order valence-corrected chi connectivity index (χ2v) is 11.3. The summed E-state index contributed by atoms with van der Waals surface area (Å²) in [6, 6.07) is 13.8. The predicted octanol–water partition coefficient (Wildman–Crippen LogP) is 5.02. The number of anilines is 1. The average molecular weight is 445 g/mol. The molecule has 170 valence electrons. The summed E-state index contributed by atoms with van der Waals surface area (Å²) in [7, 11) is -3.43. The minimum atomic E-state index is -3.43. The van der Waals surface area contributed by atoms with E-state index in [1.54, 1.807) is 0 Å². The molecule has 0 aliphatic rings. The Morgan fingerprint density at radius 1 is 1.03 bits per heavy atom. The highest BCUT2D eigenvalue weighted by Crippen LogP contribution is 2.24. The number of carbonyl (C=O) groups excluding carboxylic acids is 1. The Morgan fingerprint density at radius 3 is 2.16 bits per heavy atom. The highest BCUT2D eigenvalue weighted by molar-refractivity contribution is 7.92. The molecule has 5 nitrogen and oxygen atoms in total. The Bertz CT molecular complexity index is 1010. The Kier molecular flexibility index (Phi) is 7.93. The Hall–Kier alpha value is -2.34. The number of benzene rings is 2. The number of nitrogens with zero attached hydrogens (tertiary/aromatic N) is 1. The monoisotopic (exact) mass is 444 g/mol. The van der Waals surface area contributed by atoms with Gasteiger partial charge in [0, 0.05) is 13.0 Å². The van der Waals surface area contributed by atoms with E-state index in [1.807, 2.05) is 39.0 Å². The molecule has 0 bridgehead atoms. The molecule has 2 aromatic rings. The van der Waals surface area contributed by atoms with Crippen molar-refractivity contribution in [3.8, 4) is 0 Å². The molecule has 0 radical (unpaired) electrons. The van der Waals surface area contributed by atoms with Crippen LogP contribution in [0.3, 0.4) is 0 Å². The van der Waals surface area contributed by atoms with Crippen molar-refractivity contribution in [2.24, 2.45) is 0 Å². The van der Waals surface area contributed by atoms with Crippen molar-refractivity contribution in [1.82, 2.24) is 5.32 Å². The second-order valence-electron chi connectivity index (χ2n) is 9.37. The first kappa shape index (κ1) is 24.9. The minimum Gasteiger partial charge on any atom is -0.350 e. The molecule has 0 fully saturated rings. The quantitative estimate of drug-likeness (QED) is 0.621. The predicted molar refractivity (Wildman–Crippen MR) is 129 cm³/mol. The molecule has 0 saturated heterocycles. The fourth-order valence-electron chi connectivity index (χ4n) is 3.42.